The molecule has 0 spiro atoms. The van der Waals surface area contributed by atoms with Crippen LogP contribution in [0.5, 0.6) is 0 Å². The van der Waals surface area contributed by atoms with Crippen LogP contribution in [-0.2, 0) is 12.8 Å². The molecule has 0 aliphatic heterocycles. The third-order valence-electron chi connectivity index (χ3n) is 5.46. The SMILES string of the molecule is CCc1c2ccccc2c(CC)c2cc(-c3ccc(C)c(Br)c3)ccc12. The number of rotatable bonds is 3. The molecule has 0 fully saturated rings. The molecule has 26 heavy (non-hydrogen) atoms. The molecule has 0 nitrogen and oxygen atoms in total. The zero-order valence-electron chi connectivity index (χ0n) is 15.6. The van der Waals surface area contributed by atoms with Crippen molar-refractivity contribution in [3.63, 3.8) is 0 Å². The summed E-state index contributed by atoms with van der Waals surface area (Å²) in [5.74, 6) is 0. The standard InChI is InChI=1S/C25H23Br/c1-4-19-21-8-6-7-9-22(21)20(5-2)24-14-17(12-13-23(19)24)18-11-10-16(3)25(26)15-18/h6-15H,4-5H2,1-3H3. The van der Waals surface area contributed by atoms with Gasteiger partial charge in [0.05, 0.1) is 0 Å². The lowest BCUT2D eigenvalue weighted by atomic mass is 9.88. The molecule has 0 aliphatic carbocycles. The second kappa shape index (κ2) is 6.89. The average molecular weight is 403 g/mol. The summed E-state index contributed by atoms with van der Waals surface area (Å²) in [5, 5.41) is 5.61. The normalized spacial score (nSPS) is 11.4. The van der Waals surface area contributed by atoms with E-state index >= 15 is 0 Å². The van der Waals surface area contributed by atoms with Crippen molar-refractivity contribution in [1.82, 2.24) is 0 Å². The van der Waals surface area contributed by atoms with Gasteiger partial charge in [-0.15, -0.1) is 0 Å². The molecule has 1 heteroatoms. The molecule has 0 aromatic heterocycles. The van der Waals surface area contributed by atoms with Gasteiger partial charge >= 0.3 is 0 Å². The summed E-state index contributed by atoms with van der Waals surface area (Å²) in [4.78, 5) is 0. The molecule has 0 bridgehead atoms. The summed E-state index contributed by atoms with van der Waals surface area (Å²) in [6.07, 6.45) is 2.10. The molecule has 0 unspecified atom stereocenters. The molecular formula is C25H23Br. The Labute approximate surface area is 164 Å². The lowest BCUT2D eigenvalue weighted by Gasteiger charge is -2.16. The average Bonchev–Trinajstić information content (AvgIpc) is 2.67. The summed E-state index contributed by atoms with van der Waals surface area (Å²) in [6, 6.07) is 22.5. The van der Waals surface area contributed by atoms with Crippen LogP contribution in [0.2, 0.25) is 0 Å². The lowest BCUT2D eigenvalue weighted by Crippen LogP contribution is -1.94. The molecule has 0 saturated heterocycles. The Morgan fingerprint density at radius 1 is 0.654 bits per heavy atom. The second-order valence-corrected chi connectivity index (χ2v) is 7.79. The first-order valence-corrected chi connectivity index (χ1v) is 10.2. The van der Waals surface area contributed by atoms with Crippen molar-refractivity contribution in [3.8, 4) is 11.1 Å². The molecule has 130 valence electrons. The summed E-state index contributed by atoms with van der Waals surface area (Å²) in [6.45, 7) is 6.66. The largest absolute Gasteiger partial charge is 0.0616 e. The Kier molecular flexibility index (Phi) is 4.58. The quantitative estimate of drug-likeness (QED) is 0.306. The number of hydrogen-bond donors (Lipinski definition) is 0. The van der Waals surface area contributed by atoms with E-state index in [1.165, 1.54) is 53.8 Å². The number of aryl methyl sites for hydroxylation is 3. The molecule has 0 amide bonds. The van der Waals surface area contributed by atoms with E-state index in [2.05, 4.69) is 97.4 Å². The van der Waals surface area contributed by atoms with Gasteiger partial charge in [-0.05, 0) is 81.3 Å². The van der Waals surface area contributed by atoms with Crippen molar-refractivity contribution in [2.75, 3.05) is 0 Å². The molecule has 0 atom stereocenters. The minimum absolute atomic E-state index is 1.04. The number of benzene rings is 4. The zero-order valence-corrected chi connectivity index (χ0v) is 17.2. The number of halogens is 1. The molecule has 4 aromatic carbocycles. The van der Waals surface area contributed by atoms with Gasteiger partial charge in [0, 0.05) is 4.47 Å². The molecule has 0 radical (unpaired) electrons. The Hall–Kier alpha value is -2.12. The molecule has 0 heterocycles. The number of hydrogen-bond acceptors (Lipinski definition) is 0. The summed E-state index contributed by atoms with van der Waals surface area (Å²) in [7, 11) is 0. The van der Waals surface area contributed by atoms with Gasteiger partial charge in [-0.3, -0.25) is 0 Å². The predicted octanol–water partition coefficient (Wildman–Crippen LogP) is 7.86. The van der Waals surface area contributed by atoms with Crippen LogP contribution in [0.4, 0.5) is 0 Å². The van der Waals surface area contributed by atoms with Crippen LogP contribution in [0.15, 0.2) is 65.1 Å². The third kappa shape index (κ3) is 2.75. The maximum Gasteiger partial charge on any atom is 0.0210 e. The van der Waals surface area contributed by atoms with Gasteiger partial charge in [-0.25, -0.2) is 0 Å². The van der Waals surface area contributed by atoms with Gasteiger partial charge in [0.1, 0.15) is 0 Å². The minimum atomic E-state index is 1.04. The van der Waals surface area contributed by atoms with Crippen molar-refractivity contribution in [3.05, 3.63) is 81.8 Å². The highest BCUT2D eigenvalue weighted by molar-refractivity contribution is 9.10. The highest BCUT2D eigenvalue weighted by Crippen LogP contribution is 2.36. The molecule has 0 aliphatic rings. The lowest BCUT2D eigenvalue weighted by molar-refractivity contribution is 1.15. The molecular weight excluding hydrogens is 380 g/mol. The summed E-state index contributed by atoms with van der Waals surface area (Å²) < 4.78 is 1.17. The highest BCUT2D eigenvalue weighted by Gasteiger charge is 2.13. The predicted molar refractivity (Wildman–Crippen MR) is 118 cm³/mol. The summed E-state index contributed by atoms with van der Waals surface area (Å²) >= 11 is 3.68. The van der Waals surface area contributed by atoms with Gasteiger partial charge in [-0.2, -0.15) is 0 Å². The maximum absolute atomic E-state index is 3.68. The van der Waals surface area contributed by atoms with Gasteiger partial charge < -0.3 is 0 Å². The fourth-order valence-corrected chi connectivity index (χ4v) is 4.45. The fraction of sp³-hybridized carbons (Fsp3) is 0.200. The smallest absolute Gasteiger partial charge is 0.0210 e. The van der Waals surface area contributed by atoms with Crippen molar-refractivity contribution >= 4 is 37.5 Å². The molecule has 0 N–H and O–H groups in total. The van der Waals surface area contributed by atoms with Gasteiger partial charge in [-0.1, -0.05) is 78.3 Å². The Bertz CT molecular complexity index is 1120. The highest BCUT2D eigenvalue weighted by atomic mass is 79.9. The molecule has 4 aromatic rings. The van der Waals surface area contributed by atoms with E-state index in [1.807, 2.05) is 0 Å². The van der Waals surface area contributed by atoms with Crippen molar-refractivity contribution < 1.29 is 0 Å². The molecule has 0 saturated carbocycles. The fourth-order valence-electron chi connectivity index (χ4n) is 4.07. The summed E-state index contributed by atoms with van der Waals surface area (Å²) in [5.41, 5.74) is 6.73. The zero-order chi connectivity index (χ0) is 18.3. The van der Waals surface area contributed by atoms with E-state index in [1.54, 1.807) is 0 Å². The van der Waals surface area contributed by atoms with Crippen LogP contribution in [0.1, 0.15) is 30.5 Å². The molecule has 4 rings (SSSR count). The van der Waals surface area contributed by atoms with E-state index in [0.717, 1.165) is 12.8 Å². The van der Waals surface area contributed by atoms with Crippen LogP contribution in [0, 0.1) is 6.92 Å². The van der Waals surface area contributed by atoms with E-state index in [4.69, 9.17) is 0 Å². The third-order valence-corrected chi connectivity index (χ3v) is 6.31. The van der Waals surface area contributed by atoms with Crippen molar-refractivity contribution in [2.45, 2.75) is 33.6 Å². The van der Waals surface area contributed by atoms with E-state index in [0.29, 0.717) is 0 Å². The van der Waals surface area contributed by atoms with E-state index in [-0.39, 0.29) is 0 Å². The number of fused-ring (bicyclic) bond motifs is 2. The Morgan fingerprint density at radius 3 is 1.81 bits per heavy atom. The first kappa shape index (κ1) is 17.3. The van der Waals surface area contributed by atoms with Gasteiger partial charge in [0.2, 0.25) is 0 Å². The second-order valence-electron chi connectivity index (χ2n) is 6.93. The van der Waals surface area contributed by atoms with Crippen LogP contribution >= 0.6 is 15.9 Å². The minimum Gasteiger partial charge on any atom is -0.0616 e. The topological polar surface area (TPSA) is 0 Å². The van der Waals surface area contributed by atoms with Crippen LogP contribution in [0.25, 0.3) is 32.7 Å². The van der Waals surface area contributed by atoms with Crippen LogP contribution in [-0.4, -0.2) is 0 Å². The van der Waals surface area contributed by atoms with Crippen molar-refractivity contribution in [1.29, 1.82) is 0 Å². The van der Waals surface area contributed by atoms with Crippen molar-refractivity contribution in [2.24, 2.45) is 0 Å². The monoisotopic (exact) mass is 402 g/mol. The van der Waals surface area contributed by atoms with E-state index in [9.17, 15) is 0 Å². The van der Waals surface area contributed by atoms with Crippen LogP contribution < -0.4 is 0 Å². The van der Waals surface area contributed by atoms with Gasteiger partial charge in [0.25, 0.3) is 0 Å². The Balaban J connectivity index is 2.06. The van der Waals surface area contributed by atoms with E-state index < -0.39 is 0 Å². The first-order chi connectivity index (χ1) is 12.6. The Morgan fingerprint density at radius 2 is 1.19 bits per heavy atom. The first-order valence-electron chi connectivity index (χ1n) is 9.36. The maximum atomic E-state index is 3.68. The van der Waals surface area contributed by atoms with Crippen LogP contribution in [0.3, 0.4) is 0 Å². The van der Waals surface area contributed by atoms with Gasteiger partial charge in [0.15, 0.2) is 0 Å².